The van der Waals surface area contributed by atoms with Crippen LogP contribution in [-0.4, -0.2) is 19.0 Å². The van der Waals surface area contributed by atoms with Gasteiger partial charge < -0.3 is 10.1 Å². The van der Waals surface area contributed by atoms with E-state index in [9.17, 15) is 9.59 Å². The molecule has 4 heteroatoms. The summed E-state index contributed by atoms with van der Waals surface area (Å²) < 4.78 is 4.79. The van der Waals surface area contributed by atoms with Crippen LogP contribution in [0.2, 0.25) is 0 Å². The number of para-hydroxylation sites is 1. The SMILES string of the molecule is COC(=O)c1ccccc1NC(=O)c1cccc(-c2cccc3ccccc23)c1. The molecule has 0 radical (unpaired) electrons. The molecule has 0 saturated carbocycles. The first-order chi connectivity index (χ1) is 14.2. The van der Waals surface area contributed by atoms with E-state index in [1.807, 2.05) is 42.5 Å². The normalized spacial score (nSPS) is 10.5. The third-order valence-electron chi connectivity index (χ3n) is 4.81. The number of rotatable bonds is 4. The number of nitrogens with one attached hydrogen (secondary N) is 1. The molecule has 0 fully saturated rings. The highest BCUT2D eigenvalue weighted by atomic mass is 16.5. The molecule has 0 aliphatic rings. The number of esters is 1. The van der Waals surface area contributed by atoms with Gasteiger partial charge in [-0.15, -0.1) is 0 Å². The van der Waals surface area contributed by atoms with E-state index in [1.165, 1.54) is 7.11 Å². The third-order valence-corrected chi connectivity index (χ3v) is 4.81. The van der Waals surface area contributed by atoms with E-state index in [0.717, 1.165) is 21.9 Å². The first kappa shape index (κ1) is 18.4. The molecular formula is C25H19NO3. The maximum absolute atomic E-state index is 12.9. The molecule has 0 bridgehead atoms. The van der Waals surface area contributed by atoms with Gasteiger partial charge >= 0.3 is 5.97 Å². The molecule has 0 unspecified atom stereocenters. The topological polar surface area (TPSA) is 55.4 Å². The molecule has 0 aromatic heterocycles. The smallest absolute Gasteiger partial charge is 0.339 e. The minimum atomic E-state index is -0.495. The quantitative estimate of drug-likeness (QED) is 0.472. The van der Waals surface area contributed by atoms with Crippen molar-refractivity contribution in [1.29, 1.82) is 0 Å². The van der Waals surface area contributed by atoms with Crippen molar-refractivity contribution in [2.24, 2.45) is 0 Å². The van der Waals surface area contributed by atoms with Gasteiger partial charge in [0.1, 0.15) is 0 Å². The van der Waals surface area contributed by atoms with Crippen LogP contribution in [0.3, 0.4) is 0 Å². The molecule has 0 atom stereocenters. The average molecular weight is 381 g/mol. The standard InChI is InChI=1S/C25H19NO3/c1-29-25(28)22-13-4-5-15-23(22)26-24(27)19-11-6-10-18(16-19)21-14-7-9-17-8-2-3-12-20(17)21/h2-16H,1H3,(H,26,27). The fourth-order valence-corrected chi connectivity index (χ4v) is 3.38. The van der Waals surface area contributed by atoms with Crippen molar-refractivity contribution in [1.82, 2.24) is 0 Å². The van der Waals surface area contributed by atoms with Crippen LogP contribution in [0.5, 0.6) is 0 Å². The van der Waals surface area contributed by atoms with Gasteiger partial charge in [-0.3, -0.25) is 4.79 Å². The Morgan fingerprint density at radius 2 is 1.52 bits per heavy atom. The second-order valence-corrected chi connectivity index (χ2v) is 6.60. The minimum Gasteiger partial charge on any atom is -0.465 e. The highest BCUT2D eigenvalue weighted by Crippen LogP contribution is 2.29. The molecule has 1 amide bonds. The number of hydrogen-bond acceptors (Lipinski definition) is 3. The van der Waals surface area contributed by atoms with Gasteiger partial charge in [0.25, 0.3) is 5.91 Å². The lowest BCUT2D eigenvalue weighted by atomic mass is 9.97. The predicted molar refractivity (Wildman–Crippen MR) is 115 cm³/mol. The van der Waals surface area contributed by atoms with Crippen molar-refractivity contribution in [3.05, 3.63) is 102 Å². The molecule has 4 rings (SSSR count). The van der Waals surface area contributed by atoms with Crippen molar-refractivity contribution < 1.29 is 14.3 Å². The molecule has 29 heavy (non-hydrogen) atoms. The Hall–Kier alpha value is -3.92. The van der Waals surface area contributed by atoms with Crippen LogP contribution in [0.25, 0.3) is 21.9 Å². The number of carbonyl (C=O) groups excluding carboxylic acids is 2. The number of amides is 1. The number of hydrogen-bond donors (Lipinski definition) is 1. The predicted octanol–water partition coefficient (Wildman–Crippen LogP) is 5.55. The van der Waals surface area contributed by atoms with Crippen molar-refractivity contribution in [2.45, 2.75) is 0 Å². The molecule has 1 N–H and O–H groups in total. The van der Waals surface area contributed by atoms with Crippen LogP contribution in [0.1, 0.15) is 20.7 Å². The fourth-order valence-electron chi connectivity index (χ4n) is 3.38. The van der Waals surface area contributed by atoms with Crippen molar-refractivity contribution in [3.8, 4) is 11.1 Å². The van der Waals surface area contributed by atoms with E-state index < -0.39 is 5.97 Å². The van der Waals surface area contributed by atoms with Gasteiger partial charge in [-0.05, 0) is 46.2 Å². The Balaban J connectivity index is 1.68. The van der Waals surface area contributed by atoms with E-state index in [2.05, 4.69) is 23.5 Å². The highest BCUT2D eigenvalue weighted by Gasteiger charge is 2.15. The van der Waals surface area contributed by atoms with Gasteiger partial charge in [-0.25, -0.2) is 4.79 Å². The number of fused-ring (bicyclic) bond motifs is 1. The number of anilines is 1. The largest absolute Gasteiger partial charge is 0.465 e. The van der Waals surface area contributed by atoms with E-state index in [0.29, 0.717) is 16.8 Å². The van der Waals surface area contributed by atoms with Crippen molar-refractivity contribution in [2.75, 3.05) is 12.4 Å². The van der Waals surface area contributed by atoms with Gasteiger partial charge in [-0.1, -0.05) is 66.7 Å². The first-order valence-corrected chi connectivity index (χ1v) is 9.24. The molecule has 0 saturated heterocycles. The molecular weight excluding hydrogens is 362 g/mol. The molecule has 0 spiro atoms. The summed E-state index contributed by atoms with van der Waals surface area (Å²) in [5, 5.41) is 5.09. The molecule has 4 aromatic carbocycles. The highest BCUT2D eigenvalue weighted by molar-refractivity contribution is 6.09. The van der Waals surface area contributed by atoms with Gasteiger partial charge in [0.15, 0.2) is 0 Å². The van der Waals surface area contributed by atoms with Crippen LogP contribution in [0.4, 0.5) is 5.69 Å². The number of benzene rings is 4. The number of carbonyl (C=O) groups is 2. The molecule has 4 aromatic rings. The van der Waals surface area contributed by atoms with Crippen molar-refractivity contribution in [3.63, 3.8) is 0 Å². The summed E-state index contributed by atoms with van der Waals surface area (Å²) in [6.07, 6.45) is 0. The fraction of sp³-hybridized carbons (Fsp3) is 0.0400. The van der Waals surface area contributed by atoms with Crippen LogP contribution in [0, 0.1) is 0 Å². The molecule has 0 aliphatic heterocycles. The summed E-state index contributed by atoms with van der Waals surface area (Å²) in [7, 11) is 1.31. The monoisotopic (exact) mass is 381 g/mol. The van der Waals surface area contributed by atoms with Gasteiger partial charge in [0.2, 0.25) is 0 Å². The van der Waals surface area contributed by atoms with Crippen LogP contribution < -0.4 is 5.32 Å². The summed E-state index contributed by atoms with van der Waals surface area (Å²) in [5.41, 5.74) is 3.26. The average Bonchev–Trinajstić information content (AvgIpc) is 2.78. The molecule has 0 aliphatic carbocycles. The van der Waals surface area contributed by atoms with E-state index >= 15 is 0 Å². The van der Waals surface area contributed by atoms with Crippen LogP contribution in [0.15, 0.2) is 91.0 Å². The Kier molecular flexibility index (Phi) is 5.08. The van der Waals surface area contributed by atoms with Gasteiger partial charge in [0.05, 0.1) is 18.4 Å². The van der Waals surface area contributed by atoms with Crippen LogP contribution in [-0.2, 0) is 4.74 Å². The lowest BCUT2D eigenvalue weighted by Gasteiger charge is -2.11. The zero-order valence-electron chi connectivity index (χ0n) is 15.9. The summed E-state index contributed by atoms with van der Waals surface area (Å²) in [6, 6.07) is 28.5. The summed E-state index contributed by atoms with van der Waals surface area (Å²) in [5.74, 6) is -0.783. The Morgan fingerprint density at radius 3 is 2.38 bits per heavy atom. The molecule has 4 nitrogen and oxygen atoms in total. The van der Waals surface area contributed by atoms with Crippen molar-refractivity contribution >= 4 is 28.3 Å². The second kappa shape index (κ2) is 7.98. The van der Waals surface area contributed by atoms with E-state index in [-0.39, 0.29) is 5.91 Å². The van der Waals surface area contributed by atoms with Crippen LogP contribution >= 0.6 is 0 Å². The zero-order chi connectivity index (χ0) is 20.2. The van der Waals surface area contributed by atoms with E-state index in [1.54, 1.807) is 30.3 Å². The maximum Gasteiger partial charge on any atom is 0.339 e. The minimum absolute atomic E-state index is 0.288. The van der Waals surface area contributed by atoms with Gasteiger partial charge in [-0.2, -0.15) is 0 Å². The van der Waals surface area contributed by atoms with Gasteiger partial charge in [0, 0.05) is 5.56 Å². The molecule has 142 valence electrons. The lowest BCUT2D eigenvalue weighted by Crippen LogP contribution is -2.15. The Morgan fingerprint density at radius 1 is 0.793 bits per heavy atom. The second-order valence-electron chi connectivity index (χ2n) is 6.60. The molecule has 0 heterocycles. The van der Waals surface area contributed by atoms with E-state index in [4.69, 9.17) is 4.74 Å². The Labute approximate surface area is 168 Å². The lowest BCUT2D eigenvalue weighted by molar-refractivity contribution is 0.0602. The first-order valence-electron chi connectivity index (χ1n) is 9.24. The number of ether oxygens (including phenoxy) is 1. The number of methoxy groups -OCH3 is 1. The third kappa shape index (κ3) is 3.73. The summed E-state index contributed by atoms with van der Waals surface area (Å²) in [6.45, 7) is 0. The zero-order valence-corrected chi connectivity index (χ0v) is 15.9. The maximum atomic E-state index is 12.9. The summed E-state index contributed by atoms with van der Waals surface area (Å²) >= 11 is 0. The summed E-state index contributed by atoms with van der Waals surface area (Å²) in [4.78, 5) is 24.8. The Bertz CT molecular complexity index is 1210.